The van der Waals surface area contributed by atoms with Gasteiger partial charge in [0.05, 0.1) is 23.3 Å². The third kappa shape index (κ3) is 2.90. The molecule has 0 saturated heterocycles. The van der Waals surface area contributed by atoms with Gasteiger partial charge in [-0.25, -0.2) is 9.37 Å². The van der Waals surface area contributed by atoms with Crippen molar-refractivity contribution in [3.05, 3.63) is 53.6 Å². The first-order valence-corrected chi connectivity index (χ1v) is 8.10. The van der Waals surface area contributed by atoms with Crippen LogP contribution >= 0.6 is 0 Å². The van der Waals surface area contributed by atoms with E-state index in [4.69, 9.17) is 4.84 Å². The molecule has 3 aromatic rings. The van der Waals surface area contributed by atoms with Crippen LogP contribution in [0.15, 0.2) is 41.7 Å². The maximum Gasteiger partial charge on any atom is 0.268 e. The SMILES string of the molecule is Cc1nn(C)c2ncc(NC(=O)C3CC(c4cccc(F)c4)=NO3)cc12. The summed E-state index contributed by atoms with van der Waals surface area (Å²) < 4.78 is 15.0. The molecule has 1 unspecified atom stereocenters. The van der Waals surface area contributed by atoms with Crippen molar-refractivity contribution in [1.82, 2.24) is 14.8 Å². The predicted octanol–water partition coefficient (Wildman–Crippen LogP) is 2.55. The van der Waals surface area contributed by atoms with Crippen LogP contribution in [0.1, 0.15) is 17.7 Å². The number of hydrogen-bond acceptors (Lipinski definition) is 5. The van der Waals surface area contributed by atoms with Gasteiger partial charge in [0.2, 0.25) is 6.10 Å². The second-order valence-electron chi connectivity index (χ2n) is 6.14. The van der Waals surface area contributed by atoms with Crippen molar-refractivity contribution < 1.29 is 14.0 Å². The van der Waals surface area contributed by atoms with Crippen LogP contribution in [0.4, 0.5) is 10.1 Å². The molecule has 2 aromatic heterocycles. The highest BCUT2D eigenvalue weighted by Crippen LogP contribution is 2.22. The third-order valence-corrected chi connectivity index (χ3v) is 4.25. The van der Waals surface area contributed by atoms with Gasteiger partial charge >= 0.3 is 0 Å². The predicted molar refractivity (Wildman–Crippen MR) is 94.3 cm³/mol. The zero-order valence-electron chi connectivity index (χ0n) is 14.2. The number of oxime groups is 1. The minimum atomic E-state index is -0.765. The standard InChI is InChI=1S/C18H16FN5O2/c1-10-14-7-13(9-20-17(14)24(2)22-10)21-18(25)16-8-15(23-26-16)11-4-3-5-12(19)6-11/h3-7,9,16H,8H2,1-2H3,(H,21,25). The third-order valence-electron chi connectivity index (χ3n) is 4.25. The number of halogens is 1. The minimum absolute atomic E-state index is 0.275. The van der Waals surface area contributed by atoms with E-state index in [-0.39, 0.29) is 18.1 Å². The maximum absolute atomic E-state index is 13.3. The van der Waals surface area contributed by atoms with Gasteiger partial charge in [0.1, 0.15) is 5.82 Å². The number of hydrogen-bond donors (Lipinski definition) is 1. The molecule has 1 amide bonds. The van der Waals surface area contributed by atoms with Crippen LogP contribution in [0.3, 0.4) is 0 Å². The number of carbonyl (C=O) groups is 1. The normalized spacial score (nSPS) is 16.4. The lowest BCUT2D eigenvalue weighted by Crippen LogP contribution is -2.28. The zero-order chi connectivity index (χ0) is 18.3. The van der Waals surface area contributed by atoms with Crippen molar-refractivity contribution in [3.63, 3.8) is 0 Å². The molecule has 7 nitrogen and oxygen atoms in total. The molecule has 26 heavy (non-hydrogen) atoms. The lowest BCUT2D eigenvalue weighted by atomic mass is 10.0. The molecule has 0 aliphatic carbocycles. The fraction of sp³-hybridized carbons (Fsp3) is 0.222. The highest BCUT2D eigenvalue weighted by Gasteiger charge is 2.29. The summed E-state index contributed by atoms with van der Waals surface area (Å²) in [5, 5.41) is 11.9. The first-order valence-electron chi connectivity index (χ1n) is 8.10. The number of nitrogens with one attached hydrogen (secondary N) is 1. The molecule has 0 spiro atoms. The van der Waals surface area contributed by atoms with Crippen molar-refractivity contribution in [2.24, 2.45) is 12.2 Å². The Balaban J connectivity index is 1.47. The first-order chi connectivity index (χ1) is 12.5. The van der Waals surface area contributed by atoms with Gasteiger partial charge in [-0.1, -0.05) is 17.3 Å². The molecule has 0 radical (unpaired) electrons. The van der Waals surface area contributed by atoms with E-state index in [0.717, 1.165) is 16.7 Å². The van der Waals surface area contributed by atoms with E-state index in [2.05, 4.69) is 20.6 Å². The highest BCUT2D eigenvalue weighted by molar-refractivity contribution is 6.06. The Bertz CT molecular complexity index is 1040. The number of anilines is 1. The van der Waals surface area contributed by atoms with E-state index in [0.29, 0.717) is 17.0 Å². The summed E-state index contributed by atoms with van der Waals surface area (Å²) in [6.07, 6.45) is 1.08. The molecule has 0 saturated carbocycles. The number of aromatic nitrogens is 3. The number of rotatable bonds is 3. The summed E-state index contributed by atoms with van der Waals surface area (Å²) in [7, 11) is 1.82. The maximum atomic E-state index is 13.3. The number of benzene rings is 1. The Morgan fingerprint density at radius 2 is 2.23 bits per heavy atom. The Morgan fingerprint density at radius 3 is 3.04 bits per heavy atom. The second-order valence-corrected chi connectivity index (χ2v) is 6.14. The average molecular weight is 353 g/mol. The van der Waals surface area contributed by atoms with E-state index in [1.54, 1.807) is 23.0 Å². The van der Waals surface area contributed by atoms with Gasteiger partial charge in [0.25, 0.3) is 5.91 Å². The summed E-state index contributed by atoms with van der Waals surface area (Å²) in [5.74, 6) is -0.688. The van der Waals surface area contributed by atoms with Gasteiger partial charge in [0.15, 0.2) is 5.65 Å². The lowest BCUT2D eigenvalue weighted by Gasteiger charge is -2.09. The van der Waals surface area contributed by atoms with Crippen molar-refractivity contribution >= 4 is 28.3 Å². The second kappa shape index (κ2) is 6.21. The monoisotopic (exact) mass is 353 g/mol. The van der Waals surface area contributed by atoms with Gasteiger partial charge in [-0.3, -0.25) is 9.48 Å². The average Bonchev–Trinajstić information content (AvgIpc) is 3.21. The van der Waals surface area contributed by atoms with Crippen LogP contribution in [-0.4, -0.2) is 32.5 Å². The number of aryl methyl sites for hydroxylation is 2. The molecule has 132 valence electrons. The molecule has 1 N–H and O–H groups in total. The Hall–Kier alpha value is -3.29. The molecule has 1 aliphatic heterocycles. The largest absolute Gasteiger partial charge is 0.382 e. The molecule has 3 heterocycles. The molecule has 0 bridgehead atoms. The van der Waals surface area contributed by atoms with E-state index in [9.17, 15) is 9.18 Å². The molecule has 1 aromatic carbocycles. The molecular formula is C18H16FN5O2. The van der Waals surface area contributed by atoms with Crippen LogP contribution in [-0.2, 0) is 16.7 Å². The number of amides is 1. The van der Waals surface area contributed by atoms with Crippen LogP contribution in [0.2, 0.25) is 0 Å². The number of nitrogens with zero attached hydrogens (tertiary/aromatic N) is 4. The Labute approximate surface area is 148 Å². The minimum Gasteiger partial charge on any atom is -0.382 e. The smallest absolute Gasteiger partial charge is 0.268 e. The van der Waals surface area contributed by atoms with Gasteiger partial charge in [-0.2, -0.15) is 5.10 Å². The summed E-state index contributed by atoms with van der Waals surface area (Å²) in [4.78, 5) is 22.0. The number of fused-ring (bicyclic) bond motifs is 1. The van der Waals surface area contributed by atoms with Gasteiger partial charge < -0.3 is 10.2 Å². The van der Waals surface area contributed by atoms with E-state index < -0.39 is 6.10 Å². The summed E-state index contributed by atoms with van der Waals surface area (Å²) in [6.45, 7) is 1.88. The van der Waals surface area contributed by atoms with E-state index in [1.807, 2.05) is 20.0 Å². The molecule has 4 rings (SSSR count). The first kappa shape index (κ1) is 16.2. The number of carbonyl (C=O) groups excluding carboxylic acids is 1. The summed E-state index contributed by atoms with van der Waals surface area (Å²) in [5.41, 5.74) is 3.28. The van der Waals surface area contributed by atoms with Crippen LogP contribution in [0.25, 0.3) is 11.0 Å². The topological polar surface area (TPSA) is 81.4 Å². The fourth-order valence-electron chi connectivity index (χ4n) is 2.96. The quantitative estimate of drug-likeness (QED) is 0.785. The van der Waals surface area contributed by atoms with Crippen molar-refractivity contribution in [2.45, 2.75) is 19.4 Å². The van der Waals surface area contributed by atoms with Crippen LogP contribution < -0.4 is 5.32 Å². The van der Waals surface area contributed by atoms with Crippen LogP contribution in [0.5, 0.6) is 0 Å². The Kier molecular flexibility index (Phi) is 3.87. The molecule has 0 fully saturated rings. The van der Waals surface area contributed by atoms with Gasteiger partial charge in [-0.05, 0) is 25.1 Å². The summed E-state index contributed by atoms with van der Waals surface area (Å²) >= 11 is 0. The van der Waals surface area contributed by atoms with Crippen molar-refractivity contribution in [2.75, 3.05) is 5.32 Å². The van der Waals surface area contributed by atoms with Crippen molar-refractivity contribution in [3.8, 4) is 0 Å². The van der Waals surface area contributed by atoms with E-state index in [1.165, 1.54) is 12.1 Å². The summed E-state index contributed by atoms with van der Waals surface area (Å²) in [6, 6.07) is 7.87. The molecule has 8 heteroatoms. The zero-order valence-corrected chi connectivity index (χ0v) is 14.2. The number of pyridine rings is 1. The molecular weight excluding hydrogens is 337 g/mol. The fourth-order valence-corrected chi connectivity index (χ4v) is 2.96. The Morgan fingerprint density at radius 1 is 1.38 bits per heavy atom. The van der Waals surface area contributed by atoms with Gasteiger partial charge in [0, 0.05) is 24.4 Å². The van der Waals surface area contributed by atoms with Crippen molar-refractivity contribution in [1.29, 1.82) is 0 Å². The van der Waals surface area contributed by atoms with Crippen LogP contribution in [0, 0.1) is 12.7 Å². The molecule has 1 atom stereocenters. The van der Waals surface area contributed by atoms with E-state index >= 15 is 0 Å². The van der Waals surface area contributed by atoms with Gasteiger partial charge in [-0.15, -0.1) is 0 Å². The lowest BCUT2D eigenvalue weighted by molar-refractivity contribution is -0.125. The molecule has 1 aliphatic rings. The highest BCUT2D eigenvalue weighted by atomic mass is 19.1.